The molecule has 0 saturated heterocycles. The van der Waals surface area contributed by atoms with Crippen LogP contribution in [0.3, 0.4) is 0 Å². The first-order valence-electron chi connectivity index (χ1n) is 10.8. The van der Waals surface area contributed by atoms with Crippen LogP contribution in [0.4, 0.5) is 0 Å². The van der Waals surface area contributed by atoms with E-state index >= 15 is 0 Å². The van der Waals surface area contributed by atoms with Crippen molar-refractivity contribution in [1.29, 1.82) is 0 Å². The maximum absolute atomic E-state index is 4.48. The van der Waals surface area contributed by atoms with Crippen molar-refractivity contribution >= 4 is 76.2 Å². The van der Waals surface area contributed by atoms with Gasteiger partial charge < -0.3 is 8.80 Å². The van der Waals surface area contributed by atoms with Gasteiger partial charge in [-0.25, -0.2) is 0 Å². The van der Waals surface area contributed by atoms with Crippen molar-refractivity contribution < 1.29 is 0 Å². The summed E-state index contributed by atoms with van der Waals surface area (Å²) in [5.74, 6) is 0. The van der Waals surface area contributed by atoms with Crippen LogP contribution in [0.15, 0.2) is 85.5 Å². The molecule has 6 aromatic heterocycles. The average Bonchev–Trinajstić information content (AvgIpc) is 3.56. The number of hydrogen-bond donors (Lipinski definition) is 0. The monoisotopic (exact) mass is 406 g/mol. The van der Waals surface area contributed by atoms with Crippen LogP contribution in [0.5, 0.6) is 0 Å². The minimum atomic E-state index is 1.13. The fraction of sp³-hybridized carbons (Fsp3) is 0. The molecule has 0 atom stereocenters. The van der Waals surface area contributed by atoms with E-state index in [9.17, 15) is 0 Å². The molecule has 0 aliphatic heterocycles. The molecular weight excluding hydrogens is 392 g/mol. The zero-order chi connectivity index (χ0) is 20.6. The molecule has 6 heterocycles. The molecule has 3 aromatic carbocycles. The number of para-hydroxylation sites is 2. The fourth-order valence-electron chi connectivity index (χ4n) is 6.20. The highest BCUT2D eigenvalue weighted by Gasteiger charge is 2.25. The van der Waals surface area contributed by atoms with Crippen LogP contribution in [0.2, 0.25) is 0 Å². The maximum Gasteiger partial charge on any atom is 0.0726 e. The summed E-state index contributed by atoms with van der Waals surface area (Å²) in [4.78, 5) is 8.92. The summed E-state index contributed by atoms with van der Waals surface area (Å²) in [6.07, 6.45) is 7.76. The van der Waals surface area contributed by atoms with Crippen molar-refractivity contribution in [2.75, 3.05) is 0 Å². The summed E-state index contributed by atoms with van der Waals surface area (Å²) >= 11 is 0. The Balaban J connectivity index is 1.77. The van der Waals surface area contributed by atoms with E-state index in [1.165, 1.54) is 65.2 Å². The third-order valence-electron chi connectivity index (χ3n) is 7.35. The van der Waals surface area contributed by atoms with Crippen molar-refractivity contribution in [3.8, 4) is 0 Å². The van der Waals surface area contributed by atoms with Gasteiger partial charge in [-0.1, -0.05) is 36.4 Å². The largest absolute Gasteiger partial charge is 0.307 e. The fourth-order valence-corrected chi connectivity index (χ4v) is 6.20. The lowest BCUT2D eigenvalue weighted by atomic mass is 10.0. The van der Waals surface area contributed by atoms with E-state index in [0.717, 1.165) is 11.0 Å². The van der Waals surface area contributed by atoms with Crippen molar-refractivity contribution in [2.45, 2.75) is 0 Å². The maximum atomic E-state index is 4.48. The predicted octanol–water partition coefficient (Wildman–Crippen LogP) is 6.78. The SMILES string of the molecule is c1ccc2c(c1)c1cccc3c4cc5c6ccncc6n6c7cnccc7c(c56)c4n2c13. The van der Waals surface area contributed by atoms with Crippen LogP contribution in [0.25, 0.3) is 76.2 Å². The number of rotatable bonds is 0. The summed E-state index contributed by atoms with van der Waals surface area (Å²) in [7, 11) is 0. The Hall–Kier alpha value is -4.44. The Morgan fingerprint density at radius 3 is 1.97 bits per heavy atom. The van der Waals surface area contributed by atoms with E-state index in [1.807, 2.05) is 24.8 Å². The first-order valence-corrected chi connectivity index (χ1v) is 10.8. The number of hydrogen-bond acceptors (Lipinski definition) is 2. The van der Waals surface area contributed by atoms with Gasteiger partial charge in [-0.2, -0.15) is 0 Å². The Morgan fingerprint density at radius 1 is 0.469 bits per heavy atom. The van der Waals surface area contributed by atoms with Gasteiger partial charge in [0, 0.05) is 55.5 Å². The highest BCUT2D eigenvalue weighted by Crippen LogP contribution is 2.47. The molecule has 0 fully saturated rings. The van der Waals surface area contributed by atoms with Crippen molar-refractivity contribution in [1.82, 2.24) is 18.8 Å². The molecule has 0 saturated carbocycles. The van der Waals surface area contributed by atoms with Gasteiger partial charge in [0.2, 0.25) is 0 Å². The number of pyridine rings is 2. The molecule has 4 heteroatoms. The van der Waals surface area contributed by atoms with E-state index < -0.39 is 0 Å². The molecule has 0 radical (unpaired) electrons. The number of aromatic nitrogens is 4. The van der Waals surface area contributed by atoms with Gasteiger partial charge in [-0.15, -0.1) is 0 Å². The third-order valence-corrected chi connectivity index (χ3v) is 7.35. The summed E-state index contributed by atoms with van der Waals surface area (Å²) in [6, 6.07) is 22.2. The lowest BCUT2D eigenvalue weighted by Gasteiger charge is -2.02. The molecule has 0 N–H and O–H groups in total. The zero-order valence-corrected chi connectivity index (χ0v) is 16.9. The number of nitrogens with zero attached hydrogens (tertiary/aromatic N) is 4. The van der Waals surface area contributed by atoms with Crippen LogP contribution < -0.4 is 0 Å². The predicted molar refractivity (Wildman–Crippen MR) is 131 cm³/mol. The molecule has 4 nitrogen and oxygen atoms in total. The summed E-state index contributed by atoms with van der Waals surface area (Å²) < 4.78 is 4.83. The van der Waals surface area contributed by atoms with Gasteiger partial charge in [0.25, 0.3) is 0 Å². The Labute approximate surface area is 180 Å². The molecule has 9 rings (SSSR count). The smallest absolute Gasteiger partial charge is 0.0726 e. The van der Waals surface area contributed by atoms with Crippen molar-refractivity contribution in [3.63, 3.8) is 0 Å². The summed E-state index contributed by atoms with van der Waals surface area (Å²) in [6.45, 7) is 0. The second-order valence-corrected chi connectivity index (χ2v) is 8.72. The molecule has 32 heavy (non-hydrogen) atoms. The molecule has 0 bridgehead atoms. The lowest BCUT2D eigenvalue weighted by Crippen LogP contribution is -1.82. The number of benzene rings is 3. The normalized spacial score (nSPS) is 13.0. The van der Waals surface area contributed by atoms with E-state index in [4.69, 9.17) is 0 Å². The quantitative estimate of drug-likeness (QED) is 0.278. The minimum Gasteiger partial charge on any atom is -0.307 e. The first-order chi connectivity index (χ1) is 15.9. The van der Waals surface area contributed by atoms with Crippen LogP contribution in [-0.2, 0) is 0 Å². The molecule has 9 aromatic rings. The van der Waals surface area contributed by atoms with E-state index in [2.05, 4.69) is 79.4 Å². The minimum absolute atomic E-state index is 1.13. The van der Waals surface area contributed by atoms with Crippen molar-refractivity contribution in [2.24, 2.45) is 0 Å². The second kappa shape index (κ2) is 4.89. The molecule has 0 aliphatic carbocycles. The second-order valence-electron chi connectivity index (χ2n) is 8.72. The first kappa shape index (κ1) is 15.4. The number of fused-ring (bicyclic) bond motifs is 13. The average molecular weight is 406 g/mol. The molecule has 0 amide bonds. The van der Waals surface area contributed by atoms with E-state index in [0.29, 0.717) is 0 Å². The van der Waals surface area contributed by atoms with Gasteiger partial charge in [0.15, 0.2) is 0 Å². The molecule has 0 spiro atoms. The van der Waals surface area contributed by atoms with Crippen LogP contribution in [-0.4, -0.2) is 18.8 Å². The Kier molecular flexibility index (Phi) is 2.35. The van der Waals surface area contributed by atoms with Crippen LogP contribution >= 0.6 is 0 Å². The molecule has 0 unspecified atom stereocenters. The van der Waals surface area contributed by atoms with Gasteiger partial charge in [0.1, 0.15) is 0 Å². The van der Waals surface area contributed by atoms with E-state index in [1.54, 1.807) is 0 Å². The van der Waals surface area contributed by atoms with Crippen LogP contribution in [0, 0.1) is 0 Å². The van der Waals surface area contributed by atoms with E-state index in [-0.39, 0.29) is 0 Å². The highest BCUT2D eigenvalue weighted by atomic mass is 15.0. The Morgan fingerprint density at radius 2 is 1.09 bits per heavy atom. The zero-order valence-electron chi connectivity index (χ0n) is 16.9. The molecular formula is C28H14N4. The topological polar surface area (TPSA) is 34.6 Å². The highest BCUT2D eigenvalue weighted by molar-refractivity contribution is 6.36. The molecule has 146 valence electrons. The van der Waals surface area contributed by atoms with Gasteiger partial charge in [-0.05, 0) is 24.3 Å². The van der Waals surface area contributed by atoms with Gasteiger partial charge >= 0.3 is 0 Å². The van der Waals surface area contributed by atoms with Gasteiger partial charge in [-0.3, -0.25) is 9.97 Å². The summed E-state index contributed by atoms with van der Waals surface area (Å²) in [5, 5.41) is 10.3. The standard InChI is InChI=1S/C28H14N4/c1-2-7-22-15(4-1)17-5-3-6-18-21-12-20-16-8-10-29-13-23(16)31-24-14-30-11-9-19(24)25(27(20)31)28(21)32(22)26(17)18/h1-14H. The van der Waals surface area contributed by atoms with Gasteiger partial charge in [0.05, 0.1) is 45.5 Å². The Bertz CT molecular complexity index is 2200. The molecule has 0 aliphatic rings. The van der Waals surface area contributed by atoms with Crippen LogP contribution in [0.1, 0.15) is 0 Å². The van der Waals surface area contributed by atoms with Crippen molar-refractivity contribution in [3.05, 3.63) is 85.5 Å². The lowest BCUT2D eigenvalue weighted by molar-refractivity contribution is 1.27. The third kappa shape index (κ3) is 1.47. The summed E-state index contributed by atoms with van der Waals surface area (Å²) in [5.41, 5.74) is 7.38.